The zero-order valence-electron chi connectivity index (χ0n) is 27.3. The first-order valence-corrected chi connectivity index (χ1v) is 15.7. The van der Waals surface area contributed by atoms with Gasteiger partial charge in [-0.3, -0.25) is 9.59 Å². The first-order chi connectivity index (χ1) is 25.1. The second-order valence-electron chi connectivity index (χ2n) is 12.0. The van der Waals surface area contributed by atoms with Gasteiger partial charge in [0.2, 0.25) is 6.10 Å². The number of ether oxygens (including phenoxy) is 3. The van der Waals surface area contributed by atoms with Gasteiger partial charge >= 0.3 is 23.9 Å². The lowest BCUT2D eigenvalue weighted by atomic mass is 9.87. The van der Waals surface area contributed by atoms with Gasteiger partial charge in [-0.05, 0) is 77.2 Å². The van der Waals surface area contributed by atoms with Crippen molar-refractivity contribution in [1.29, 1.82) is 0 Å². The van der Waals surface area contributed by atoms with Gasteiger partial charge in [0.15, 0.2) is 46.0 Å². The summed E-state index contributed by atoms with van der Waals surface area (Å²) >= 11 is 0. The molecule has 5 rings (SSSR count). The number of rotatable bonds is 13. The molecule has 0 spiro atoms. The second kappa shape index (κ2) is 15.4. The molecular formula is C37H32O16. The quantitative estimate of drug-likeness (QED) is 0.0539. The molecule has 0 radical (unpaired) electrons. The number of aliphatic carboxylic acids is 2. The summed E-state index contributed by atoms with van der Waals surface area (Å²) in [5, 5.41) is 89.0. The monoisotopic (exact) mass is 732 g/mol. The Morgan fingerprint density at radius 2 is 1.25 bits per heavy atom. The minimum atomic E-state index is -1.72. The van der Waals surface area contributed by atoms with E-state index in [1.54, 1.807) is 0 Å². The van der Waals surface area contributed by atoms with Crippen LogP contribution in [0.3, 0.4) is 0 Å². The highest BCUT2D eigenvalue weighted by atomic mass is 16.6. The molecule has 1 aliphatic heterocycles. The van der Waals surface area contributed by atoms with Gasteiger partial charge in [0.05, 0.1) is 5.92 Å². The number of benzene rings is 4. The lowest BCUT2D eigenvalue weighted by Gasteiger charge is -2.21. The summed E-state index contributed by atoms with van der Waals surface area (Å²) < 4.78 is 16.6. The number of phenolic OH excluding ortho intramolecular Hbond substituents is 7. The molecule has 16 nitrogen and oxygen atoms in total. The molecule has 4 atom stereocenters. The normalized spacial score (nSPS) is 15.9. The topological polar surface area (TPSA) is 278 Å². The third-order valence-electron chi connectivity index (χ3n) is 8.34. The predicted octanol–water partition coefficient (Wildman–Crippen LogP) is 3.58. The number of hydrogen-bond acceptors (Lipinski definition) is 14. The van der Waals surface area contributed by atoms with Crippen LogP contribution < -0.4 is 4.74 Å². The summed E-state index contributed by atoms with van der Waals surface area (Å²) in [6.07, 6.45) is -1.62. The Balaban J connectivity index is 1.43. The number of fused-ring (bicyclic) bond motifs is 1. The van der Waals surface area contributed by atoms with Crippen molar-refractivity contribution in [3.05, 3.63) is 101 Å². The Hall–Kier alpha value is -7.10. The highest BCUT2D eigenvalue weighted by Crippen LogP contribution is 2.53. The molecule has 1 aliphatic rings. The molecule has 0 amide bonds. The van der Waals surface area contributed by atoms with Crippen LogP contribution in [0.15, 0.2) is 72.8 Å². The standard InChI is InChI=1S/C37H32O16/c38-22-6-1-17(12-26(22)42)11-21(35(46)47)16-51-37(50)32-31-19(3-9-25(41)34(31)53-33(32)20-4-8-24(40)28(44)15-20)5-10-30(45)52-29(36(48)49)14-18-2-7-23(39)27(43)13-18/h1-10,12-13,15,21,29,32-33,38-44H,11,14,16H2,(H,46,47)(H,48,49)/b10-5+. The van der Waals surface area contributed by atoms with Crippen molar-refractivity contribution in [1.82, 2.24) is 0 Å². The number of carboxylic acids is 2. The van der Waals surface area contributed by atoms with Crippen molar-refractivity contribution in [2.75, 3.05) is 6.61 Å². The van der Waals surface area contributed by atoms with E-state index in [1.807, 2.05) is 0 Å². The average molecular weight is 733 g/mol. The fourth-order valence-corrected chi connectivity index (χ4v) is 5.66. The Kier molecular flexibility index (Phi) is 10.8. The summed E-state index contributed by atoms with van der Waals surface area (Å²) in [5.41, 5.74) is 0.739. The first kappa shape index (κ1) is 37.2. The maximum atomic E-state index is 13.9. The van der Waals surface area contributed by atoms with Gasteiger partial charge < -0.3 is 60.2 Å². The molecule has 0 saturated carbocycles. The molecule has 0 aromatic heterocycles. The molecule has 276 valence electrons. The van der Waals surface area contributed by atoms with Crippen LogP contribution in [-0.4, -0.2) is 82.5 Å². The van der Waals surface area contributed by atoms with E-state index in [9.17, 15) is 65.1 Å². The Bertz CT molecular complexity index is 2100. The lowest BCUT2D eigenvalue weighted by molar-refractivity contribution is -0.160. The summed E-state index contributed by atoms with van der Waals surface area (Å²) in [4.78, 5) is 50.7. The van der Waals surface area contributed by atoms with Gasteiger partial charge in [0, 0.05) is 18.1 Å². The van der Waals surface area contributed by atoms with Crippen molar-refractivity contribution >= 4 is 30.0 Å². The minimum absolute atomic E-state index is 0.0266. The highest BCUT2D eigenvalue weighted by Gasteiger charge is 2.45. The first-order valence-electron chi connectivity index (χ1n) is 15.7. The number of hydrogen-bond donors (Lipinski definition) is 9. The van der Waals surface area contributed by atoms with Crippen molar-refractivity contribution in [2.24, 2.45) is 5.92 Å². The maximum Gasteiger partial charge on any atom is 0.345 e. The average Bonchev–Trinajstić information content (AvgIpc) is 3.52. The predicted molar refractivity (Wildman–Crippen MR) is 180 cm³/mol. The number of carbonyl (C=O) groups is 4. The summed E-state index contributed by atoms with van der Waals surface area (Å²) in [6.45, 7) is -0.680. The van der Waals surface area contributed by atoms with Crippen molar-refractivity contribution in [3.8, 4) is 46.0 Å². The summed E-state index contributed by atoms with van der Waals surface area (Å²) in [5.74, 6) is -11.4. The van der Waals surface area contributed by atoms with E-state index >= 15 is 0 Å². The smallest absolute Gasteiger partial charge is 0.345 e. The maximum absolute atomic E-state index is 13.9. The fourth-order valence-electron chi connectivity index (χ4n) is 5.66. The third-order valence-corrected chi connectivity index (χ3v) is 8.34. The number of esters is 2. The van der Waals surface area contributed by atoms with Gasteiger partial charge in [0.1, 0.15) is 18.6 Å². The fraction of sp³-hybridized carbons (Fsp3) is 0.189. The van der Waals surface area contributed by atoms with Crippen LogP contribution in [-0.2, 0) is 41.5 Å². The van der Waals surface area contributed by atoms with Gasteiger partial charge in [-0.25, -0.2) is 9.59 Å². The zero-order chi connectivity index (χ0) is 38.6. The van der Waals surface area contributed by atoms with Crippen LogP contribution >= 0.6 is 0 Å². The van der Waals surface area contributed by atoms with Crippen LogP contribution in [0, 0.1) is 5.92 Å². The van der Waals surface area contributed by atoms with E-state index in [1.165, 1.54) is 36.4 Å². The van der Waals surface area contributed by atoms with Crippen molar-refractivity contribution in [3.63, 3.8) is 0 Å². The Labute approximate surface area is 299 Å². The number of aromatic hydroxyl groups is 7. The molecule has 9 N–H and O–H groups in total. The van der Waals surface area contributed by atoms with E-state index in [0.717, 1.165) is 42.5 Å². The van der Waals surface area contributed by atoms with Crippen LogP contribution in [0.4, 0.5) is 0 Å². The molecule has 53 heavy (non-hydrogen) atoms. The second-order valence-corrected chi connectivity index (χ2v) is 12.0. The molecular weight excluding hydrogens is 700 g/mol. The van der Waals surface area contributed by atoms with E-state index in [0.29, 0.717) is 5.56 Å². The van der Waals surface area contributed by atoms with Crippen molar-refractivity contribution < 1.29 is 79.3 Å². The van der Waals surface area contributed by atoms with Crippen LogP contribution in [0.5, 0.6) is 46.0 Å². The van der Waals surface area contributed by atoms with E-state index in [-0.39, 0.29) is 40.8 Å². The van der Waals surface area contributed by atoms with Crippen LogP contribution in [0.2, 0.25) is 0 Å². The molecule has 0 fully saturated rings. The van der Waals surface area contributed by atoms with Gasteiger partial charge in [-0.1, -0.05) is 24.3 Å². The van der Waals surface area contributed by atoms with Crippen LogP contribution in [0.25, 0.3) is 6.08 Å². The van der Waals surface area contributed by atoms with E-state index in [2.05, 4.69) is 0 Å². The lowest BCUT2D eigenvalue weighted by Crippen LogP contribution is -2.28. The van der Waals surface area contributed by atoms with Gasteiger partial charge in [-0.15, -0.1) is 0 Å². The molecule has 4 aromatic carbocycles. The number of phenols is 7. The molecule has 1 heterocycles. The summed E-state index contributed by atoms with van der Waals surface area (Å²) in [7, 11) is 0. The molecule has 4 aromatic rings. The number of carboxylic acid groups (broad SMARTS) is 2. The van der Waals surface area contributed by atoms with Gasteiger partial charge in [-0.2, -0.15) is 0 Å². The Morgan fingerprint density at radius 1 is 0.679 bits per heavy atom. The molecule has 4 unspecified atom stereocenters. The molecule has 0 bridgehead atoms. The zero-order valence-corrected chi connectivity index (χ0v) is 27.3. The Morgan fingerprint density at radius 3 is 1.81 bits per heavy atom. The minimum Gasteiger partial charge on any atom is -0.504 e. The highest BCUT2D eigenvalue weighted by molar-refractivity contribution is 5.91. The largest absolute Gasteiger partial charge is 0.504 e. The molecule has 0 saturated heterocycles. The van der Waals surface area contributed by atoms with Gasteiger partial charge in [0.25, 0.3) is 0 Å². The van der Waals surface area contributed by atoms with Crippen molar-refractivity contribution in [2.45, 2.75) is 31.0 Å². The number of carbonyl (C=O) groups excluding carboxylic acids is 2. The summed E-state index contributed by atoms with van der Waals surface area (Å²) in [6, 6.07) is 13.3. The SMILES string of the molecule is O=C(/C=C/c1ccc(O)c2c1C(C(=O)OCC(Cc1ccc(O)c(O)c1)C(=O)O)C(c1ccc(O)c(O)c1)O2)OC(Cc1ccc(O)c(O)c1)C(=O)O. The van der Waals surface area contributed by atoms with Crippen LogP contribution in [0.1, 0.15) is 39.8 Å². The van der Waals surface area contributed by atoms with E-state index in [4.69, 9.17) is 14.2 Å². The molecule has 16 heteroatoms. The molecule has 0 aliphatic carbocycles. The van der Waals surface area contributed by atoms with E-state index < -0.39 is 94.8 Å². The third kappa shape index (κ3) is 8.45.